The molecule has 2 saturated carbocycles. The molecule has 0 unspecified atom stereocenters. The summed E-state index contributed by atoms with van der Waals surface area (Å²) < 4.78 is 13.8. The van der Waals surface area contributed by atoms with Gasteiger partial charge in [0.25, 0.3) is 0 Å². The molecule has 2 fully saturated rings. The fourth-order valence-corrected chi connectivity index (χ4v) is 5.00. The van der Waals surface area contributed by atoms with Crippen LogP contribution in [0.1, 0.15) is 101 Å². The molecule has 1 aromatic rings. The molecule has 0 heterocycles. The second kappa shape index (κ2) is 9.37. The molecule has 2 aliphatic carbocycles. The van der Waals surface area contributed by atoms with Crippen LogP contribution in [0.2, 0.25) is 0 Å². The first-order valence-corrected chi connectivity index (χ1v) is 10.5. The van der Waals surface area contributed by atoms with Gasteiger partial charge in [-0.15, -0.1) is 0 Å². The van der Waals surface area contributed by atoms with Gasteiger partial charge in [-0.25, -0.2) is 4.39 Å². The summed E-state index contributed by atoms with van der Waals surface area (Å²) in [4.78, 5) is 0. The van der Waals surface area contributed by atoms with Crippen molar-refractivity contribution in [2.45, 2.75) is 89.4 Å². The monoisotopic (exact) mass is 341 g/mol. The highest BCUT2D eigenvalue weighted by molar-refractivity contribution is 5.34. The molecule has 1 nitrogen and oxygen atoms in total. The molecule has 0 radical (unpaired) electrons. The Morgan fingerprint density at radius 1 is 0.880 bits per heavy atom. The second-order valence-corrected chi connectivity index (χ2v) is 8.36. The maximum Gasteiger partial charge on any atom is 0.141 e. The Kier molecular flexibility index (Phi) is 6.91. The minimum Gasteiger partial charge on any atom is -0.206 e. The van der Waals surface area contributed by atoms with Gasteiger partial charge in [-0.1, -0.05) is 63.9 Å². The topological polar surface area (TPSA) is 23.8 Å². The van der Waals surface area contributed by atoms with Crippen LogP contribution < -0.4 is 0 Å². The molecule has 0 aliphatic heterocycles. The summed E-state index contributed by atoms with van der Waals surface area (Å²) in [5.74, 6) is 2.03. The molecule has 0 N–H and O–H groups in total. The number of halogens is 1. The van der Waals surface area contributed by atoms with E-state index in [-0.39, 0.29) is 11.4 Å². The van der Waals surface area contributed by atoms with Crippen LogP contribution in [0.5, 0.6) is 0 Å². The Labute approximate surface area is 152 Å². The number of hydrogen-bond acceptors (Lipinski definition) is 1. The largest absolute Gasteiger partial charge is 0.206 e. The molecule has 0 bridgehead atoms. The van der Waals surface area contributed by atoms with Crippen molar-refractivity contribution in [3.05, 3.63) is 35.1 Å². The Hall–Kier alpha value is -1.36. The first-order chi connectivity index (χ1) is 12.3. The van der Waals surface area contributed by atoms with Crippen molar-refractivity contribution in [1.82, 2.24) is 0 Å². The van der Waals surface area contributed by atoms with Gasteiger partial charge in [0.2, 0.25) is 0 Å². The molecule has 1 aromatic carbocycles. The first-order valence-electron chi connectivity index (χ1n) is 10.5. The van der Waals surface area contributed by atoms with Crippen LogP contribution >= 0.6 is 0 Å². The number of hydrogen-bond donors (Lipinski definition) is 0. The predicted octanol–water partition coefficient (Wildman–Crippen LogP) is 7.11. The van der Waals surface area contributed by atoms with E-state index in [4.69, 9.17) is 5.26 Å². The Morgan fingerprint density at radius 3 is 2.12 bits per heavy atom. The van der Waals surface area contributed by atoms with E-state index < -0.39 is 0 Å². The molecule has 0 spiro atoms. The van der Waals surface area contributed by atoms with Crippen molar-refractivity contribution < 1.29 is 4.39 Å². The SMILES string of the molecule is N#Cc1ccc(C2CCC(CCCCC3CCCCC3)CC2)cc1F. The minimum absolute atomic E-state index is 0.162. The molecule has 2 heteroatoms. The van der Waals surface area contributed by atoms with Gasteiger partial charge in [-0.2, -0.15) is 5.26 Å². The molecular weight excluding hydrogens is 309 g/mol. The third-order valence-electron chi connectivity index (χ3n) is 6.63. The van der Waals surface area contributed by atoms with Crippen LogP contribution in [-0.4, -0.2) is 0 Å². The fraction of sp³-hybridized carbons (Fsp3) is 0.696. The van der Waals surface area contributed by atoms with Gasteiger partial charge in [0.15, 0.2) is 0 Å². The molecule has 0 aromatic heterocycles. The summed E-state index contributed by atoms with van der Waals surface area (Å²) >= 11 is 0. The van der Waals surface area contributed by atoms with E-state index in [9.17, 15) is 4.39 Å². The number of rotatable bonds is 6. The lowest BCUT2D eigenvalue weighted by Gasteiger charge is -2.29. The van der Waals surface area contributed by atoms with E-state index in [0.29, 0.717) is 5.92 Å². The minimum atomic E-state index is -0.357. The standard InChI is InChI=1S/C23H32FN/c24-23-16-21(14-15-22(23)17-25)20-12-10-19(11-13-20)9-5-4-8-18-6-2-1-3-7-18/h14-16,18-20H,1-13H2. The van der Waals surface area contributed by atoms with E-state index in [1.54, 1.807) is 12.1 Å². The van der Waals surface area contributed by atoms with Gasteiger partial charge in [0.1, 0.15) is 11.9 Å². The van der Waals surface area contributed by atoms with Crippen molar-refractivity contribution in [3.8, 4) is 6.07 Å². The zero-order valence-corrected chi connectivity index (χ0v) is 15.5. The highest BCUT2D eigenvalue weighted by Gasteiger charge is 2.23. The van der Waals surface area contributed by atoms with Crippen molar-refractivity contribution in [3.63, 3.8) is 0 Å². The van der Waals surface area contributed by atoms with E-state index in [1.165, 1.54) is 83.5 Å². The van der Waals surface area contributed by atoms with Gasteiger partial charge in [0, 0.05) is 0 Å². The highest BCUT2D eigenvalue weighted by Crippen LogP contribution is 2.38. The molecule has 2 aliphatic rings. The van der Waals surface area contributed by atoms with Crippen molar-refractivity contribution in [1.29, 1.82) is 5.26 Å². The van der Waals surface area contributed by atoms with E-state index in [1.807, 2.05) is 12.1 Å². The lowest BCUT2D eigenvalue weighted by atomic mass is 9.76. The van der Waals surface area contributed by atoms with Gasteiger partial charge in [-0.3, -0.25) is 0 Å². The van der Waals surface area contributed by atoms with Crippen LogP contribution in [0.3, 0.4) is 0 Å². The molecule has 3 rings (SSSR count). The predicted molar refractivity (Wildman–Crippen MR) is 101 cm³/mol. The molecule has 0 amide bonds. The van der Waals surface area contributed by atoms with Crippen molar-refractivity contribution in [2.24, 2.45) is 11.8 Å². The van der Waals surface area contributed by atoms with Crippen LogP contribution in [0.15, 0.2) is 18.2 Å². The smallest absolute Gasteiger partial charge is 0.141 e. The van der Waals surface area contributed by atoms with Crippen molar-refractivity contribution >= 4 is 0 Å². The number of nitriles is 1. The van der Waals surface area contributed by atoms with Gasteiger partial charge >= 0.3 is 0 Å². The molecular formula is C23H32FN. The Morgan fingerprint density at radius 2 is 1.52 bits per heavy atom. The van der Waals surface area contributed by atoms with E-state index >= 15 is 0 Å². The highest BCUT2D eigenvalue weighted by atomic mass is 19.1. The lowest BCUT2D eigenvalue weighted by Crippen LogP contribution is -2.14. The van der Waals surface area contributed by atoms with Crippen LogP contribution in [-0.2, 0) is 0 Å². The summed E-state index contributed by atoms with van der Waals surface area (Å²) in [7, 11) is 0. The quantitative estimate of drug-likeness (QED) is 0.506. The lowest BCUT2D eigenvalue weighted by molar-refractivity contribution is 0.288. The number of nitrogens with zero attached hydrogens (tertiary/aromatic N) is 1. The zero-order chi connectivity index (χ0) is 17.5. The Bertz CT molecular complexity index is 574. The zero-order valence-electron chi connectivity index (χ0n) is 15.5. The summed E-state index contributed by atoms with van der Waals surface area (Å²) in [6, 6.07) is 7.10. The van der Waals surface area contributed by atoms with Gasteiger partial charge in [-0.05, 0) is 61.1 Å². The maximum absolute atomic E-state index is 13.8. The van der Waals surface area contributed by atoms with E-state index in [0.717, 1.165) is 17.4 Å². The van der Waals surface area contributed by atoms with Crippen LogP contribution in [0.25, 0.3) is 0 Å². The molecule has 0 saturated heterocycles. The average molecular weight is 342 g/mol. The van der Waals surface area contributed by atoms with Crippen LogP contribution in [0, 0.1) is 29.0 Å². The Balaban J connectivity index is 1.35. The third-order valence-corrected chi connectivity index (χ3v) is 6.63. The summed E-state index contributed by atoms with van der Waals surface area (Å²) in [5.41, 5.74) is 1.25. The average Bonchev–Trinajstić information content (AvgIpc) is 2.66. The molecule has 25 heavy (non-hydrogen) atoms. The normalized spacial score (nSPS) is 24.8. The summed E-state index contributed by atoms with van der Waals surface area (Å²) in [6.45, 7) is 0. The van der Waals surface area contributed by atoms with E-state index in [2.05, 4.69) is 0 Å². The van der Waals surface area contributed by atoms with Gasteiger partial charge < -0.3 is 0 Å². The molecule has 0 atom stereocenters. The summed E-state index contributed by atoms with van der Waals surface area (Å²) in [5, 5.41) is 8.85. The number of unbranched alkanes of at least 4 members (excludes halogenated alkanes) is 1. The summed E-state index contributed by atoms with van der Waals surface area (Å²) in [6.07, 6.45) is 17.9. The maximum atomic E-state index is 13.8. The van der Waals surface area contributed by atoms with Crippen molar-refractivity contribution in [2.75, 3.05) is 0 Å². The number of benzene rings is 1. The molecule has 136 valence electrons. The third kappa shape index (κ3) is 5.30. The van der Waals surface area contributed by atoms with Crippen LogP contribution in [0.4, 0.5) is 4.39 Å². The van der Waals surface area contributed by atoms with Gasteiger partial charge in [0.05, 0.1) is 5.56 Å². The fourth-order valence-electron chi connectivity index (χ4n) is 5.00. The first kappa shape index (κ1) is 18.4. The second-order valence-electron chi connectivity index (χ2n) is 8.36.